The number of hydrogen-bond donors (Lipinski definition) is 1. The second-order valence-electron chi connectivity index (χ2n) is 3.52. The zero-order chi connectivity index (χ0) is 11.0. The lowest BCUT2D eigenvalue weighted by Gasteiger charge is -2.23. The summed E-state index contributed by atoms with van der Waals surface area (Å²) < 4.78 is 5.13. The number of aliphatic hydroxyl groups excluding tert-OH is 1. The molecule has 0 radical (unpaired) electrons. The topological polar surface area (TPSA) is 49.8 Å². The Morgan fingerprint density at radius 3 is 2.73 bits per heavy atom. The van der Waals surface area contributed by atoms with Crippen LogP contribution in [0, 0.1) is 0 Å². The molecule has 15 heavy (non-hydrogen) atoms. The van der Waals surface area contributed by atoms with E-state index in [0.717, 1.165) is 11.3 Å². The Hall–Kier alpha value is -1.39. The summed E-state index contributed by atoms with van der Waals surface area (Å²) in [6.45, 7) is 1.46. The first kappa shape index (κ1) is 10.1. The third-order valence-corrected chi connectivity index (χ3v) is 2.62. The van der Waals surface area contributed by atoms with Gasteiger partial charge in [0.05, 0.1) is 5.69 Å². The molecular weight excluding hydrogens is 194 g/mol. The zero-order valence-electron chi connectivity index (χ0n) is 8.68. The third kappa shape index (κ3) is 1.42. The van der Waals surface area contributed by atoms with Crippen molar-refractivity contribution in [2.24, 2.45) is 0 Å². The molecule has 4 nitrogen and oxygen atoms in total. The molecule has 4 heteroatoms. The maximum Gasteiger partial charge on any atom is 0.226 e. The largest absolute Gasteiger partial charge is 0.384 e. The van der Waals surface area contributed by atoms with Gasteiger partial charge in [0.2, 0.25) is 5.91 Å². The normalized spacial score (nSPS) is 24.1. The molecule has 1 aliphatic rings. The minimum atomic E-state index is -0.768. The van der Waals surface area contributed by atoms with Crippen LogP contribution in [0.3, 0.4) is 0 Å². The van der Waals surface area contributed by atoms with Crippen LogP contribution in [-0.4, -0.2) is 24.4 Å². The summed E-state index contributed by atoms with van der Waals surface area (Å²) in [6.07, 6.45) is -1.38. The van der Waals surface area contributed by atoms with Crippen LogP contribution in [0.2, 0.25) is 0 Å². The van der Waals surface area contributed by atoms with Gasteiger partial charge < -0.3 is 9.84 Å². The average Bonchev–Trinajstić information content (AvgIpc) is 2.52. The molecule has 1 aliphatic heterocycles. The number of rotatable bonds is 1. The molecule has 0 fully saturated rings. The van der Waals surface area contributed by atoms with Crippen molar-refractivity contribution < 1.29 is 14.6 Å². The number of amides is 1. The molecule has 2 rings (SSSR count). The fourth-order valence-corrected chi connectivity index (χ4v) is 1.97. The van der Waals surface area contributed by atoms with Crippen LogP contribution < -0.4 is 4.90 Å². The summed E-state index contributed by atoms with van der Waals surface area (Å²) >= 11 is 0. The number of hydrogen-bond acceptors (Lipinski definition) is 3. The predicted molar refractivity (Wildman–Crippen MR) is 55.4 cm³/mol. The molecule has 1 aromatic rings. The second kappa shape index (κ2) is 3.64. The van der Waals surface area contributed by atoms with Crippen LogP contribution in [0.25, 0.3) is 0 Å². The summed E-state index contributed by atoms with van der Waals surface area (Å²) in [7, 11) is 1.48. The highest BCUT2D eigenvalue weighted by molar-refractivity contribution is 5.94. The number of fused-ring (bicyclic) bond motifs is 1. The summed E-state index contributed by atoms with van der Waals surface area (Å²) in [5.41, 5.74) is 1.46. The van der Waals surface area contributed by atoms with Crippen molar-refractivity contribution in [1.29, 1.82) is 0 Å². The number of ether oxygens (including phenoxy) is 1. The van der Waals surface area contributed by atoms with E-state index in [1.807, 2.05) is 12.1 Å². The van der Waals surface area contributed by atoms with Crippen molar-refractivity contribution in [2.45, 2.75) is 19.3 Å². The van der Waals surface area contributed by atoms with E-state index in [4.69, 9.17) is 4.74 Å². The Kier molecular flexibility index (Phi) is 2.46. The molecule has 1 heterocycles. The maximum atomic E-state index is 11.5. The molecule has 0 saturated carbocycles. The zero-order valence-corrected chi connectivity index (χ0v) is 8.68. The fourth-order valence-electron chi connectivity index (χ4n) is 1.97. The van der Waals surface area contributed by atoms with E-state index in [1.165, 1.54) is 18.9 Å². The van der Waals surface area contributed by atoms with Crippen LogP contribution in [0.15, 0.2) is 24.3 Å². The fraction of sp³-hybridized carbons (Fsp3) is 0.364. The number of anilines is 1. The molecule has 0 spiro atoms. The summed E-state index contributed by atoms with van der Waals surface area (Å²) in [5.74, 6) is -0.133. The molecule has 0 bridgehead atoms. The van der Waals surface area contributed by atoms with Crippen molar-refractivity contribution >= 4 is 11.6 Å². The van der Waals surface area contributed by atoms with Gasteiger partial charge in [-0.25, -0.2) is 0 Å². The van der Waals surface area contributed by atoms with Crippen LogP contribution >= 0.6 is 0 Å². The Balaban J connectivity index is 2.50. The number of carbonyl (C=O) groups excluding carboxylic acids is 1. The monoisotopic (exact) mass is 207 g/mol. The van der Waals surface area contributed by atoms with Crippen molar-refractivity contribution in [3.05, 3.63) is 29.8 Å². The first-order valence-electron chi connectivity index (χ1n) is 4.76. The highest BCUT2D eigenvalue weighted by Crippen LogP contribution is 2.39. The molecule has 2 atom stereocenters. The lowest BCUT2D eigenvalue weighted by Crippen LogP contribution is -2.39. The molecule has 80 valence electrons. The number of aliphatic hydroxyl groups is 1. The molecule has 1 aromatic carbocycles. The van der Waals surface area contributed by atoms with Gasteiger partial charge in [0.25, 0.3) is 0 Å². The minimum absolute atomic E-state index is 0.133. The summed E-state index contributed by atoms with van der Waals surface area (Å²) in [5, 5.41) is 9.94. The molecule has 0 saturated heterocycles. The van der Waals surface area contributed by atoms with Gasteiger partial charge in [0, 0.05) is 19.6 Å². The van der Waals surface area contributed by atoms with Crippen LogP contribution in [0.4, 0.5) is 5.69 Å². The van der Waals surface area contributed by atoms with E-state index in [-0.39, 0.29) is 5.91 Å². The highest BCUT2D eigenvalue weighted by atomic mass is 16.5. The predicted octanol–water partition coefficient (Wildman–Crippen LogP) is 1.06. The quantitative estimate of drug-likeness (QED) is 0.749. The van der Waals surface area contributed by atoms with E-state index in [2.05, 4.69) is 0 Å². The van der Waals surface area contributed by atoms with E-state index in [1.54, 1.807) is 12.1 Å². The van der Waals surface area contributed by atoms with E-state index >= 15 is 0 Å². The van der Waals surface area contributed by atoms with Crippen molar-refractivity contribution in [3.63, 3.8) is 0 Å². The van der Waals surface area contributed by atoms with Gasteiger partial charge in [-0.05, 0) is 6.07 Å². The number of benzene rings is 1. The molecule has 1 N–H and O–H groups in total. The van der Waals surface area contributed by atoms with Gasteiger partial charge in [-0.2, -0.15) is 0 Å². The van der Waals surface area contributed by atoms with Gasteiger partial charge >= 0.3 is 0 Å². The number of para-hydroxylation sites is 1. The molecular formula is C11H13NO3. The van der Waals surface area contributed by atoms with Crippen LogP contribution in [0.5, 0.6) is 0 Å². The van der Waals surface area contributed by atoms with Crippen LogP contribution in [0.1, 0.15) is 18.6 Å². The Morgan fingerprint density at radius 2 is 2.13 bits per heavy atom. The molecule has 0 aromatic heterocycles. The standard InChI is InChI=1S/C11H13NO3/c1-7(13)12-9-6-4-3-5-8(9)10(14)11(12)15-2/h3-6,10-11,14H,1-2H3/t10-,11-/m1/s1. The molecule has 0 unspecified atom stereocenters. The Labute approximate surface area is 88.1 Å². The van der Waals surface area contributed by atoms with E-state index in [0.29, 0.717) is 0 Å². The second-order valence-corrected chi connectivity index (χ2v) is 3.52. The van der Waals surface area contributed by atoms with Gasteiger partial charge in [-0.1, -0.05) is 18.2 Å². The SMILES string of the molecule is CO[C@@H]1[C@H](O)c2ccccc2N1C(C)=O. The maximum absolute atomic E-state index is 11.5. The lowest BCUT2D eigenvalue weighted by molar-refractivity contribution is -0.120. The average molecular weight is 207 g/mol. The van der Waals surface area contributed by atoms with E-state index < -0.39 is 12.3 Å². The first-order chi connectivity index (χ1) is 7.16. The van der Waals surface area contributed by atoms with Gasteiger partial charge in [0.15, 0.2) is 6.23 Å². The van der Waals surface area contributed by atoms with Crippen molar-refractivity contribution in [1.82, 2.24) is 0 Å². The van der Waals surface area contributed by atoms with Crippen molar-refractivity contribution in [2.75, 3.05) is 12.0 Å². The minimum Gasteiger partial charge on any atom is -0.384 e. The Bertz CT molecular complexity index is 391. The number of nitrogens with zero attached hydrogens (tertiary/aromatic N) is 1. The van der Waals surface area contributed by atoms with Crippen molar-refractivity contribution in [3.8, 4) is 0 Å². The van der Waals surface area contributed by atoms with Gasteiger partial charge in [0.1, 0.15) is 6.10 Å². The summed E-state index contributed by atoms with van der Waals surface area (Å²) in [6, 6.07) is 7.27. The number of carbonyl (C=O) groups is 1. The summed E-state index contributed by atoms with van der Waals surface area (Å²) in [4.78, 5) is 12.9. The highest BCUT2D eigenvalue weighted by Gasteiger charge is 2.39. The third-order valence-electron chi connectivity index (χ3n) is 2.62. The first-order valence-corrected chi connectivity index (χ1v) is 4.76. The van der Waals surface area contributed by atoms with E-state index in [9.17, 15) is 9.90 Å². The van der Waals surface area contributed by atoms with Gasteiger partial charge in [-0.15, -0.1) is 0 Å². The molecule has 1 amide bonds. The van der Waals surface area contributed by atoms with Gasteiger partial charge in [-0.3, -0.25) is 9.69 Å². The van der Waals surface area contributed by atoms with Crippen LogP contribution in [-0.2, 0) is 9.53 Å². The number of methoxy groups -OCH3 is 1. The smallest absolute Gasteiger partial charge is 0.226 e. The Morgan fingerprint density at radius 1 is 1.47 bits per heavy atom. The molecule has 0 aliphatic carbocycles. The lowest BCUT2D eigenvalue weighted by atomic mass is 10.1.